The van der Waals surface area contributed by atoms with E-state index >= 15 is 0 Å². The van der Waals surface area contributed by atoms with Crippen LogP contribution in [0.5, 0.6) is 5.75 Å². The van der Waals surface area contributed by atoms with E-state index in [1.54, 1.807) is 43.2 Å². The van der Waals surface area contributed by atoms with Crippen molar-refractivity contribution < 1.29 is 14.7 Å². The average Bonchev–Trinajstić information content (AvgIpc) is 2.97. The molecule has 0 saturated carbocycles. The zero-order valence-electron chi connectivity index (χ0n) is 11.0. The van der Waals surface area contributed by atoms with Crippen LogP contribution in [0.3, 0.4) is 0 Å². The molecule has 3 aromatic rings. The van der Waals surface area contributed by atoms with E-state index in [0.29, 0.717) is 11.3 Å². The molecule has 1 aromatic carbocycles. The third-order valence-corrected chi connectivity index (χ3v) is 4.02. The largest absolute Gasteiger partial charge is 0.495 e. The third-order valence-electron chi connectivity index (χ3n) is 2.95. The van der Waals surface area contributed by atoms with Crippen LogP contribution in [-0.2, 0) is 0 Å². The van der Waals surface area contributed by atoms with E-state index in [4.69, 9.17) is 9.94 Å². The lowest BCUT2D eigenvalue weighted by Gasteiger charge is -1.99. The van der Waals surface area contributed by atoms with Gasteiger partial charge in [-0.1, -0.05) is 0 Å². The van der Waals surface area contributed by atoms with Crippen LogP contribution in [0, 0.1) is 0 Å². The van der Waals surface area contributed by atoms with Crippen molar-refractivity contribution in [2.75, 3.05) is 7.11 Å². The molecular weight excluding hydrogens is 290 g/mol. The Kier molecular flexibility index (Phi) is 3.51. The van der Waals surface area contributed by atoms with Gasteiger partial charge in [0.05, 0.1) is 23.5 Å². The molecular formula is C14H11N3O3S. The number of hydrogen-bond acceptors (Lipinski definition) is 6. The first-order chi connectivity index (χ1) is 10.2. The zero-order chi connectivity index (χ0) is 14.8. The zero-order valence-corrected chi connectivity index (χ0v) is 11.8. The standard InChI is InChI=1S/C14H11N3O3S/c1-20-10-4-9(6-15-7-10)14-16-11-3-2-8(13(18)17-19)5-12(11)21-14/h2-7,19H,1H3,(H,17,18). The number of carbonyl (C=O) groups is 1. The number of benzene rings is 1. The van der Waals surface area contributed by atoms with Crippen molar-refractivity contribution in [2.45, 2.75) is 0 Å². The van der Waals surface area contributed by atoms with Gasteiger partial charge in [0.15, 0.2) is 0 Å². The summed E-state index contributed by atoms with van der Waals surface area (Å²) in [5, 5.41) is 9.46. The number of amides is 1. The average molecular weight is 301 g/mol. The topological polar surface area (TPSA) is 84.3 Å². The van der Waals surface area contributed by atoms with Gasteiger partial charge >= 0.3 is 0 Å². The number of pyridine rings is 1. The normalized spacial score (nSPS) is 10.6. The van der Waals surface area contributed by atoms with Gasteiger partial charge < -0.3 is 4.74 Å². The van der Waals surface area contributed by atoms with Gasteiger partial charge in [0.25, 0.3) is 5.91 Å². The van der Waals surface area contributed by atoms with Crippen molar-refractivity contribution in [3.8, 4) is 16.3 Å². The van der Waals surface area contributed by atoms with Crippen LogP contribution in [0.1, 0.15) is 10.4 Å². The number of carbonyl (C=O) groups excluding carboxylic acids is 1. The van der Waals surface area contributed by atoms with Crippen molar-refractivity contribution in [1.82, 2.24) is 15.4 Å². The lowest BCUT2D eigenvalue weighted by molar-refractivity contribution is 0.0706. The monoisotopic (exact) mass is 301 g/mol. The lowest BCUT2D eigenvalue weighted by Crippen LogP contribution is -2.18. The first-order valence-corrected chi connectivity index (χ1v) is 6.87. The summed E-state index contributed by atoms with van der Waals surface area (Å²) in [6, 6.07) is 6.90. The summed E-state index contributed by atoms with van der Waals surface area (Å²) in [5.74, 6) is 0.113. The van der Waals surface area contributed by atoms with Crippen molar-refractivity contribution in [2.24, 2.45) is 0 Å². The predicted octanol–water partition coefficient (Wildman–Crippen LogP) is 2.49. The van der Waals surface area contributed by atoms with Gasteiger partial charge in [0.2, 0.25) is 0 Å². The lowest BCUT2D eigenvalue weighted by atomic mass is 10.2. The third kappa shape index (κ3) is 2.56. The van der Waals surface area contributed by atoms with Crippen LogP contribution in [0.15, 0.2) is 36.7 Å². The molecule has 0 saturated heterocycles. The molecule has 2 N–H and O–H groups in total. The maximum Gasteiger partial charge on any atom is 0.274 e. The smallest absolute Gasteiger partial charge is 0.274 e. The van der Waals surface area contributed by atoms with Gasteiger partial charge in [0.1, 0.15) is 10.8 Å². The summed E-state index contributed by atoms with van der Waals surface area (Å²) in [7, 11) is 1.58. The Labute approximate surface area is 124 Å². The summed E-state index contributed by atoms with van der Waals surface area (Å²) < 4.78 is 6.00. The highest BCUT2D eigenvalue weighted by atomic mass is 32.1. The summed E-state index contributed by atoms with van der Waals surface area (Å²) in [6.07, 6.45) is 3.34. The maximum absolute atomic E-state index is 11.4. The van der Waals surface area contributed by atoms with Crippen LogP contribution < -0.4 is 10.2 Å². The molecule has 0 atom stereocenters. The number of nitrogens with one attached hydrogen (secondary N) is 1. The molecule has 0 spiro atoms. The highest BCUT2D eigenvalue weighted by Gasteiger charge is 2.10. The van der Waals surface area contributed by atoms with Gasteiger partial charge in [-0.2, -0.15) is 0 Å². The van der Waals surface area contributed by atoms with E-state index < -0.39 is 5.91 Å². The Hall–Kier alpha value is -2.51. The number of thiazole rings is 1. The van der Waals surface area contributed by atoms with Crippen LogP contribution in [-0.4, -0.2) is 28.2 Å². The Morgan fingerprint density at radius 2 is 2.19 bits per heavy atom. The van der Waals surface area contributed by atoms with E-state index in [1.165, 1.54) is 11.3 Å². The molecule has 2 heterocycles. The van der Waals surface area contributed by atoms with Crippen molar-refractivity contribution >= 4 is 27.5 Å². The minimum absolute atomic E-state index is 0.379. The molecule has 1 amide bonds. The van der Waals surface area contributed by atoms with Crippen LogP contribution >= 0.6 is 11.3 Å². The Bertz CT molecular complexity index is 816. The summed E-state index contributed by atoms with van der Waals surface area (Å²) in [4.78, 5) is 20.0. The Morgan fingerprint density at radius 3 is 2.95 bits per heavy atom. The molecule has 0 unspecified atom stereocenters. The first kappa shape index (κ1) is 13.5. The van der Waals surface area contributed by atoms with Crippen LogP contribution in [0.2, 0.25) is 0 Å². The number of fused-ring (bicyclic) bond motifs is 1. The van der Waals surface area contributed by atoms with E-state index in [0.717, 1.165) is 20.8 Å². The molecule has 0 aliphatic carbocycles. The van der Waals surface area contributed by atoms with E-state index in [9.17, 15) is 4.79 Å². The second-order valence-electron chi connectivity index (χ2n) is 4.26. The van der Waals surface area contributed by atoms with Crippen LogP contribution in [0.4, 0.5) is 0 Å². The predicted molar refractivity (Wildman–Crippen MR) is 78.7 cm³/mol. The quantitative estimate of drug-likeness (QED) is 0.573. The van der Waals surface area contributed by atoms with Gasteiger partial charge in [0, 0.05) is 17.3 Å². The molecule has 7 heteroatoms. The molecule has 0 aliphatic heterocycles. The number of ether oxygens (including phenoxy) is 1. The van der Waals surface area contributed by atoms with Gasteiger partial charge in [-0.05, 0) is 24.3 Å². The van der Waals surface area contributed by atoms with Gasteiger partial charge in [-0.15, -0.1) is 11.3 Å². The van der Waals surface area contributed by atoms with E-state index in [2.05, 4.69) is 9.97 Å². The first-order valence-electron chi connectivity index (χ1n) is 6.05. The second-order valence-corrected chi connectivity index (χ2v) is 5.29. The minimum Gasteiger partial charge on any atom is -0.495 e. The number of nitrogens with zero attached hydrogens (tertiary/aromatic N) is 2. The van der Waals surface area contributed by atoms with Crippen molar-refractivity contribution in [1.29, 1.82) is 0 Å². The van der Waals surface area contributed by atoms with Crippen molar-refractivity contribution in [3.05, 3.63) is 42.2 Å². The van der Waals surface area contributed by atoms with Crippen molar-refractivity contribution in [3.63, 3.8) is 0 Å². The fraction of sp³-hybridized carbons (Fsp3) is 0.0714. The highest BCUT2D eigenvalue weighted by Crippen LogP contribution is 2.31. The summed E-state index contributed by atoms with van der Waals surface area (Å²) >= 11 is 1.44. The fourth-order valence-corrected chi connectivity index (χ4v) is 2.89. The molecule has 106 valence electrons. The Morgan fingerprint density at radius 1 is 1.33 bits per heavy atom. The molecule has 0 aliphatic rings. The van der Waals surface area contributed by atoms with E-state index in [1.807, 2.05) is 6.07 Å². The molecule has 3 rings (SSSR count). The fourth-order valence-electron chi connectivity index (χ4n) is 1.90. The van der Waals surface area contributed by atoms with Gasteiger partial charge in [-0.3, -0.25) is 15.0 Å². The Balaban J connectivity index is 2.06. The van der Waals surface area contributed by atoms with Gasteiger partial charge in [-0.25, -0.2) is 10.5 Å². The number of aromatic nitrogens is 2. The molecule has 21 heavy (non-hydrogen) atoms. The number of rotatable bonds is 3. The highest BCUT2D eigenvalue weighted by molar-refractivity contribution is 7.21. The SMILES string of the molecule is COc1cncc(-c2nc3ccc(C(=O)NO)cc3s2)c1. The summed E-state index contributed by atoms with van der Waals surface area (Å²) in [6.45, 7) is 0. The van der Waals surface area contributed by atoms with Crippen LogP contribution in [0.25, 0.3) is 20.8 Å². The molecule has 2 aromatic heterocycles. The number of hydrogen-bond donors (Lipinski definition) is 2. The second kappa shape index (κ2) is 5.47. The number of methoxy groups -OCH3 is 1. The molecule has 0 fully saturated rings. The molecule has 6 nitrogen and oxygen atoms in total. The molecule has 0 bridgehead atoms. The summed E-state index contributed by atoms with van der Waals surface area (Å²) in [5.41, 5.74) is 3.63. The van der Waals surface area contributed by atoms with E-state index in [-0.39, 0.29) is 0 Å². The maximum atomic E-state index is 11.4. The number of hydroxylamine groups is 1. The molecule has 0 radical (unpaired) electrons. The minimum atomic E-state index is -0.546.